The van der Waals surface area contributed by atoms with Gasteiger partial charge in [0.1, 0.15) is 23.4 Å². The van der Waals surface area contributed by atoms with Gasteiger partial charge >= 0.3 is 6.18 Å². The molecule has 0 radical (unpaired) electrons. The van der Waals surface area contributed by atoms with Crippen molar-refractivity contribution in [3.05, 3.63) is 101 Å². The second-order valence-electron chi connectivity index (χ2n) is 18.4. The number of alkyl halides is 3. The SMILES string of the molecule is Cc1ncsc1-c1ccc([C@H](C)NC(=O)[C@@H]2CCCN2C(=O)[C@@H](C(C)C)n2cc(OCCCOCCCCCOc3ccc(N4C(=S)N(c5ccc(C#N)c(C(F)(F)F)c5)C(=O)C4(C)C)cc3)cn2)nc1. The monoisotopic (exact) mass is 1010 g/mol. The van der Waals surface area contributed by atoms with Gasteiger partial charge in [0.2, 0.25) is 11.8 Å². The van der Waals surface area contributed by atoms with Crippen LogP contribution in [-0.4, -0.2) is 92.0 Å². The van der Waals surface area contributed by atoms with Crippen molar-refractivity contribution in [3.63, 3.8) is 0 Å². The van der Waals surface area contributed by atoms with Crippen molar-refractivity contribution in [2.24, 2.45) is 5.92 Å². The third-order valence-electron chi connectivity index (χ3n) is 12.5. The summed E-state index contributed by atoms with van der Waals surface area (Å²) in [5, 5.41) is 16.8. The molecule has 20 heteroatoms. The average Bonchev–Trinajstić information content (AvgIpc) is 4.15. The van der Waals surface area contributed by atoms with Crippen LogP contribution in [0.2, 0.25) is 0 Å². The number of hydrogen-bond acceptors (Lipinski definition) is 12. The number of halogens is 3. The van der Waals surface area contributed by atoms with Gasteiger partial charge in [0.15, 0.2) is 10.9 Å². The van der Waals surface area contributed by atoms with Gasteiger partial charge in [0, 0.05) is 43.6 Å². The number of carbonyl (C=O) groups excluding carboxylic acids is 3. The van der Waals surface area contributed by atoms with Crippen LogP contribution in [0, 0.1) is 24.2 Å². The Hall–Kier alpha value is -6.43. The van der Waals surface area contributed by atoms with Gasteiger partial charge in [0.25, 0.3) is 5.91 Å². The number of thiocarbonyl (C=S) groups is 1. The number of aromatic nitrogens is 4. The Morgan fingerprint density at radius 2 is 1.65 bits per heavy atom. The number of anilines is 2. The summed E-state index contributed by atoms with van der Waals surface area (Å²) in [6.07, 6.45) is 4.82. The van der Waals surface area contributed by atoms with E-state index >= 15 is 0 Å². The molecule has 3 aromatic heterocycles. The highest BCUT2D eigenvalue weighted by molar-refractivity contribution is 7.81. The highest BCUT2D eigenvalue weighted by Gasteiger charge is 2.51. The van der Waals surface area contributed by atoms with E-state index in [1.807, 2.05) is 45.3 Å². The highest BCUT2D eigenvalue weighted by Crippen LogP contribution is 2.40. The smallest absolute Gasteiger partial charge is 0.417 e. The van der Waals surface area contributed by atoms with Crippen molar-refractivity contribution in [2.75, 3.05) is 42.8 Å². The lowest BCUT2D eigenvalue weighted by Gasteiger charge is -2.30. The molecule has 2 fully saturated rings. The molecule has 1 N–H and O–H groups in total. The number of amides is 3. The third kappa shape index (κ3) is 12.0. The number of thiazole rings is 1. The number of nitrogens with one attached hydrogen (secondary N) is 1. The number of benzene rings is 2. The van der Waals surface area contributed by atoms with Crippen LogP contribution in [0.4, 0.5) is 24.5 Å². The first kappa shape index (κ1) is 52.4. The Kier molecular flexibility index (Phi) is 16.8. The second-order valence-corrected chi connectivity index (χ2v) is 19.6. The number of likely N-dealkylation sites (tertiary alicyclic amines) is 1. The fourth-order valence-corrected chi connectivity index (χ4v) is 10.1. The number of rotatable bonds is 21. The second kappa shape index (κ2) is 22.8. The van der Waals surface area contributed by atoms with Crippen molar-refractivity contribution >= 4 is 57.8 Å². The van der Waals surface area contributed by atoms with Crippen LogP contribution in [0.25, 0.3) is 10.4 Å². The lowest BCUT2D eigenvalue weighted by molar-refractivity contribution is -0.142. The van der Waals surface area contributed by atoms with E-state index in [9.17, 15) is 32.8 Å². The molecule has 71 heavy (non-hydrogen) atoms. The summed E-state index contributed by atoms with van der Waals surface area (Å²) in [5.41, 5.74) is 2.07. The topological polar surface area (TPSA) is 168 Å². The standard InChI is InChI=1S/C51H58F3N9O6S2/c1-32(2)44(47(65)60-21-10-12-43(60)46(64)59-33(3)42-20-14-36(28-56-42)45-34(4)57-31-71-45)61-30-40(29-58-61)69-25-11-23-67-22-8-7-9-24-68-39-18-16-37(17-19-39)63-49(70)62(48(66)50(63,5)6)38-15-13-35(27-55)41(26-38)51(52,53)54/h13-20,26,28-33,43-44H,7-12,21-25H2,1-6H3,(H,59,64)/t33-,43-,44+/m0/s1. The molecule has 3 amide bonds. The summed E-state index contributed by atoms with van der Waals surface area (Å²) >= 11 is 7.20. The Balaban J connectivity index is 0.787. The molecule has 5 heterocycles. The number of hydrogen-bond donors (Lipinski definition) is 1. The molecule has 376 valence electrons. The number of pyridine rings is 1. The molecule has 5 aromatic rings. The number of nitriles is 1. The van der Waals surface area contributed by atoms with Gasteiger partial charge < -0.3 is 29.3 Å². The number of unbranched alkanes of at least 4 members (excludes halogenated alkanes) is 2. The summed E-state index contributed by atoms with van der Waals surface area (Å²) in [7, 11) is 0. The first-order valence-corrected chi connectivity index (χ1v) is 24.9. The summed E-state index contributed by atoms with van der Waals surface area (Å²) in [6, 6.07) is 14.0. The Morgan fingerprint density at radius 3 is 2.32 bits per heavy atom. The van der Waals surface area contributed by atoms with E-state index in [1.54, 1.807) is 88.6 Å². The molecule has 2 aliphatic heterocycles. The maximum atomic E-state index is 14.1. The van der Waals surface area contributed by atoms with Gasteiger partial charge in [-0.25, -0.2) is 4.98 Å². The van der Waals surface area contributed by atoms with E-state index in [1.165, 1.54) is 6.07 Å². The van der Waals surface area contributed by atoms with E-state index in [0.29, 0.717) is 63.0 Å². The van der Waals surface area contributed by atoms with Crippen molar-refractivity contribution in [1.82, 2.24) is 30.0 Å². The zero-order valence-electron chi connectivity index (χ0n) is 40.6. The van der Waals surface area contributed by atoms with Crippen molar-refractivity contribution < 1.29 is 41.8 Å². The molecule has 0 bridgehead atoms. The zero-order chi connectivity index (χ0) is 51.0. The first-order valence-electron chi connectivity index (χ1n) is 23.7. The summed E-state index contributed by atoms with van der Waals surface area (Å²) < 4.78 is 60.5. The molecule has 0 aliphatic carbocycles. The lowest BCUT2D eigenvalue weighted by atomic mass is 10.0. The minimum atomic E-state index is -4.79. The van der Waals surface area contributed by atoms with Gasteiger partial charge in [0.05, 0.1) is 76.3 Å². The van der Waals surface area contributed by atoms with Gasteiger partial charge in [-0.3, -0.25) is 28.9 Å². The van der Waals surface area contributed by atoms with E-state index in [2.05, 4.69) is 20.4 Å². The molecule has 2 aromatic carbocycles. The van der Waals surface area contributed by atoms with E-state index in [0.717, 1.165) is 64.5 Å². The molecular formula is C51H58F3N9O6S2. The van der Waals surface area contributed by atoms with E-state index < -0.39 is 40.8 Å². The van der Waals surface area contributed by atoms with Gasteiger partial charge in [-0.05, 0) is 126 Å². The van der Waals surface area contributed by atoms with Crippen LogP contribution < -0.4 is 24.6 Å². The third-order valence-corrected chi connectivity index (χ3v) is 13.9. The van der Waals surface area contributed by atoms with Gasteiger partial charge in [-0.1, -0.05) is 19.9 Å². The Labute approximate surface area is 420 Å². The van der Waals surface area contributed by atoms with Crippen LogP contribution in [0.1, 0.15) is 108 Å². The summed E-state index contributed by atoms with van der Waals surface area (Å²) in [5.74, 6) is 0.195. The molecule has 0 spiro atoms. The molecule has 15 nitrogen and oxygen atoms in total. The molecule has 0 unspecified atom stereocenters. The largest absolute Gasteiger partial charge is 0.494 e. The number of ether oxygens (including phenoxy) is 3. The van der Waals surface area contributed by atoms with Crippen LogP contribution in [0.15, 0.2) is 78.7 Å². The number of nitrogens with zero attached hydrogens (tertiary/aromatic N) is 8. The van der Waals surface area contributed by atoms with Crippen molar-refractivity contribution in [3.8, 4) is 28.0 Å². The molecule has 7 rings (SSSR count). The summed E-state index contributed by atoms with van der Waals surface area (Å²) in [6.45, 7) is 13.5. The minimum absolute atomic E-state index is 0.0147. The maximum Gasteiger partial charge on any atom is 0.417 e. The summed E-state index contributed by atoms with van der Waals surface area (Å²) in [4.78, 5) is 55.6. The van der Waals surface area contributed by atoms with Crippen LogP contribution in [0.5, 0.6) is 11.5 Å². The van der Waals surface area contributed by atoms with E-state index in [4.69, 9.17) is 26.4 Å². The quantitative estimate of drug-likeness (QED) is 0.0547. The average molecular weight is 1010 g/mol. The van der Waals surface area contributed by atoms with Crippen LogP contribution >= 0.6 is 23.6 Å². The Morgan fingerprint density at radius 1 is 0.944 bits per heavy atom. The maximum absolute atomic E-state index is 14.1. The molecule has 2 aliphatic rings. The van der Waals surface area contributed by atoms with Crippen LogP contribution in [-0.2, 0) is 25.3 Å². The molecule has 2 saturated heterocycles. The predicted molar refractivity (Wildman–Crippen MR) is 267 cm³/mol. The fraction of sp³-hybridized carbons (Fsp3) is 0.451. The number of carbonyl (C=O) groups is 3. The normalized spacial score (nSPS) is 16.6. The molecule has 0 saturated carbocycles. The fourth-order valence-electron chi connectivity index (χ4n) is 8.76. The van der Waals surface area contributed by atoms with Crippen molar-refractivity contribution in [2.45, 2.75) is 110 Å². The van der Waals surface area contributed by atoms with Gasteiger partial charge in [-0.2, -0.15) is 23.5 Å². The molecular weight excluding hydrogens is 956 g/mol. The van der Waals surface area contributed by atoms with Crippen molar-refractivity contribution in [1.29, 1.82) is 5.26 Å². The number of aryl methyl sites for hydroxylation is 1. The van der Waals surface area contributed by atoms with Gasteiger partial charge in [-0.15, -0.1) is 11.3 Å². The van der Waals surface area contributed by atoms with E-state index in [-0.39, 0.29) is 34.6 Å². The zero-order valence-corrected chi connectivity index (χ0v) is 42.2. The molecule has 3 atom stereocenters. The minimum Gasteiger partial charge on any atom is -0.494 e. The first-order chi connectivity index (χ1) is 33.9. The Bertz CT molecular complexity index is 2720. The lowest BCUT2D eigenvalue weighted by Crippen LogP contribution is -2.49. The predicted octanol–water partition coefficient (Wildman–Crippen LogP) is 9.62. The highest BCUT2D eigenvalue weighted by atomic mass is 32.1. The van der Waals surface area contributed by atoms with Crippen LogP contribution in [0.3, 0.4) is 0 Å².